The Morgan fingerprint density at radius 1 is 1.13 bits per heavy atom. The molecular weight excluding hydrogens is 501 g/mol. The Morgan fingerprint density at radius 2 is 1.97 bits per heavy atom. The number of aliphatic imine (C=N–C) groups is 1. The number of piperazine rings is 1. The van der Waals surface area contributed by atoms with Crippen molar-refractivity contribution in [3.63, 3.8) is 0 Å². The fourth-order valence-electron chi connectivity index (χ4n) is 4.31. The summed E-state index contributed by atoms with van der Waals surface area (Å²) < 4.78 is 20.0. The second-order valence-corrected chi connectivity index (χ2v) is 8.78. The molecule has 1 aliphatic rings. The Kier molecular flexibility index (Phi) is 7.68. The highest BCUT2D eigenvalue weighted by atomic mass is 19.1. The summed E-state index contributed by atoms with van der Waals surface area (Å²) in [4.78, 5) is 25.4. The molecule has 0 unspecified atom stereocenters. The molecule has 0 bridgehead atoms. The standard InChI is InChI=1S/C26H28FN11O/c27-19-5-4-17(25-33-8-14-39-25)15-21(19)38-12-10-37(11-13-38)9-7-32-23-18(16-28)24(36-26(30)35-23)34-22(29)20-3-1-2-6-31-20/h1-6,8,14-16,28H,7,9-13H2,(H5,29,30,32,34,35,36). The van der Waals surface area contributed by atoms with Crippen LogP contribution in [0.4, 0.5) is 27.7 Å². The number of hydrogen-bond acceptors (Lipinski definition) is 11. The summed E-state index contributed by atoms with van der Waals surface area (Å²) in [7, 11) is 0. The van der Waals surface area contributed by atoms with Gasteiger partial charge in [0, 0.05) is 57.2 Å². The molecule has 3 aromatic heterocycles. The molecule has 0 atom stereocenters. The molecule has 6 N–H and O–H groups in total. The van der Waals surface area contributed by atoms with Crippen LogP contribution in [0, 0.1) is 11.2 Å². The van der Waals surface area contributed by atoms with Gasteiger partial charge < -0.3 is 31.5 Å². The zero-order valence-corrected chi connectivity index (χ0v) is 21.1. The summed E-state index contributed by atoms with van der Waals surface area (Å²) in [5.41, 5.74) is 14.1. The molecule has 39 heavy (non-hydrogen) atoms. The highest BCUT2D eigenvalue weighted by Crippen LogP contribution is 2.28. The molecule has 5 rings (SSSR count). The molecule has 0 saturated carbocycles. The third-order valence-corrected chi connectivity index (χ3v) is 6.30. The summed E-state index contributed by atoms with van der Waals surface area (Å²) in [5, 5.41) is 11.1. The van der Waals surface area contributed by atoms with Crippen molar-refractivity contribution in [3.05, 3.63) is 72.1 Å². The maximum absolute atomic E-state index is 14.6. The topological polar surface area (TPSA) is 171 Å². The van der Waals surface area contributed by atoms with Gasteiger partial charge in [-0.1, -0.05) is 6.07 Å². The molecule has 0 radical (unpaired) electrons. The zero-order valence-electron chi connectivity index (χ0n) is 21.1. The van der Waals surface area contributed by atoms with Crippen LogP contribution in [-0.2, 0) is 0 Å². The van der Waals surface area contributed by atoms with E-state index in [0.717, 1.165) is 24.9 Å². The molecule has 1 saturated heterocycles. The van der Waals surface area contributed by atoms with E-state index in [-0.39, 0.29) is 23.4 Å². The third kappa shape index (κ3) is 5.99. The van der Waals surface area contributed by atoms with Crippen LogP contribution >= 0.6 is 0 Å². The first-order valence-corrected chi connectivity index (χ1v) is 12.4. The normalized spacial score (nSPS) is 14.4. The number of nitrogen functional groups attached to an aromatic ring is 1. The lowest BCUT2D eigenvalue weighted by atomic mass is 10.1. The van der Waals surface area contributed by atoms with Gasteiger partial charge in [-0.15, -0.1) is 0 Å². The highest BCUT2D eigenvalue weighted by molar-refractivity contribution is 5.99. The number of nitrogens with two attached hydrogens (primary N) is 2. The van der Waals surface area contributed by atoms with Crippen molar-refractivity contribution in [1.29, 1.82) is 5.41 Å². The number of rotatable bonds is 9. The lowest BCUT2D eigenvalue weighted by molar-refractivity contribution is 0.266. The third-order valence-electron chi connectivity index (χ3n) is 6.30. The van der Waals surface area contributed by atoms with Crippen LogP contribution in [-0.4, -0.2) is 76.2 Å². The SMILES string of the molecule is N=Cc1c(N=C(N)c2ccccn2)nc(N)nc1NCCN1CCN(c2cc(-c3ncco3)ccc2F)CC1. The van der Waals surface area contributed by atoms with E-state index in [1.807, 2.05) is 4.90 Å². The van der Waals surface area contributed by atoms with Gasteiger partial charge in [0.2, 0.25) is 11.8 Å². The van der Waals surface area contributed by atoms with Crippen LogP contribution in [0.2, 0.25) is 0 Å². The summed E-state index contributed by atoms with van der Waals surface area (Å²) in [6, 6.07) is 10.2. The van der Waals surface area contributed by atoms with Gasteiger partial charge >= 0.3 is 0 Å². The quantitative estimate of drug-likeness (QED) is 0.186. The van der Waals surface area contributed by atoms with Crippen molar-refractivity contribution in [2.45, 2.75) is 0 Å². The van der Waals surface area contributed by atoms with Crippen LogP contribution in [0.1, 0.15) is 11.3 Å². The molecule has 0 amide bonds. The lowest BCUT2D eigenvalue weighted by Gasteiger charge is -2.36. The van der Waals surface area contributed by atoms with Gasteiger partial charge in [-0.2, -0.15) is 9.97 Å². The van der Waals surface area contributed by atoms with Crippen molar-refractivity contribution in [2.24, 2.45) is 10.7 Å². The molecule has 13 heteroatoms. The predicted molar refractivity (Wildman–Crippen MR) is 148 cm³/mol. The number of nitrogens with one attached hydrogen (secondary N) is 2. The number of halogens is 1. The molecule has 0 aliphatic carbocycles. The van der Waals surface area contributed by atoms with E-state index in [4.69, 9.17) is 21.3 Å². The number of benzene rings is 1. The number of aromatic nitrogens is 4. The number of nitrogens with zero attached hydrogens (tertiary/aromatic N) is 7. The summed E-state index contributed by atoms with van der Waals surface area (Å²) in [6.07, 6.45) is 5.80. The first-order chi connectivity index (χ1) is 19.0. The van der Waals surface area contributed by atoms with Crippen molar-refractivity contribution in [3.8, 4) is 11.5 Å². The van der Waals surface area contributed by atoms with Gasteiger partial charge in [0.15, 0.2) is 11.7 Å². The zero-order chi connectivity index (χ0) is 27.2. The maximum atomic E-state index is 14.6. The number of oxazole rings is 1. The fourth-order valence-corrected chi connectivity index (χ4v) is 4.31. The molecule has 200 valence electrons. The number of anilines is 3. The van der Waals surface area contributed by atoms with E-state index in [0.29, 0.717) is 54.8 Å². The van der Waals surface area contributed by atoms with Gasteiger partial charge in [-0.25, -0.2) is 14.4 Å². The molecule has 0 spiro atoms. The minimum Gasteiger partial charge on any atom is -0.445 e. The van der Waals surface area contributed by atoms with Gasteiger partial charge in [-0.05, 0) is 30.3 Å². The molecule has 12 nitrogen and oxygen atoms in total. The number of amidine groups is 1. The highest BCUT2D eigenvalue weighted by Gasteiger charge is 2.21. The van der Waals surface area contributed by atoms with Crippen LogP contribution in [0.15, 0.2) is 64.5 Å². The molecular formula is C26H28FN11O. The average Bonchev–Trinajstić information content (AvgIpc) is 3.49. The fraction of sp³-hybridized carbons (Fsp3) is 0.231. The monoisotopic (exact) mass is 529 g/mol. The smallest absolute Gasteiger partial charge is 0.225 e. The Hall–Kier alpha value is -4.91. The Bertz CT molecular complexity index is 1450. The van der Waals surface area contributed by atoms with Crippen molar-refractivity contribution >= 4 is 35.3 Å². The Balaban J connectivity index is 1.20. The second kappa shape index (κ2) is 11.6. The summed E-state index contributed by atoms with van der Waals surface area (Å²) in [6.45, 7) is 4.11. The van der Waals surface area contributed by atoms with Gasteiger partial charge in [0.1, 0.15) is 23.6 Å². The van der Waals surface area contributed by atoms with E-state index >= 15 is 0 Å². The predicted octanol–water partition coefficient (Wildman–Crippen LogP) is 2.52. The number of hydrogen-bond donors (Lipinski definition) is 4. The van der Waals surface area contributed by atoms with Crippen LogP contribution in [0.3, 0.4) is 0 Å². The van der Waals surface area contributed by atoms with Gasteiger partial charge in [-0.3, -0.25) is 9.88 Å². The maximum Gasteiger partial charge on any atom is 0.225 e. The van der Waals surface area contributed by atoms with E-state index in [1.54, 1.807) is 42.7 Å². The summed E-state index contributed by atoms with van der Waals surface area (Å²) >= 11 is 0. The molecule has 4 heterocycles. The van der Waals surface area contributed by atoms with Gasteiger partial charge in [0.05, 0.1) is 17.4 Å². The van der Waals surface area contributed by atoms with E-state index < -0.39 is 0 Å². The molecule has 1 aromatic carbocycles. The molecule has 1 fully saturated rings. The Morgan fingerprint density at radius 3 is 2.69 bits per heavy atom. The lowest BCUT2D eigenvalue weighted by Crippen LogP contribution is -2.48. The molecule has 1 aliphatic heterocycles. The van der Waals surface area contributed by atoms with Crippen LogP contribution in [0.25, 0.3) is 11.5 Å². The average molecular weight is 530 g/mol. The van der Waals surface area contributed by atoms with E-state index in [9.17, 15) is 4.39 Å². The van der Waals surface area contributed by atoms with Crippen LogP contribution < -0.4 is 21.7 Å². The van der Waals surface area contributed by atoms with Crippen LogP contribution in [0.5, 0.6) is 0 Å². The minimum absolute atomic E-state index is 0.0123. The first-order valence-electron chi connectivity index (χ1n) is 12.4. The first kappa shape index (κ1) is 25.7. The van der Waals surface area contributed by atoms with E-state index in [2.05, 4.69) is 35.1 Å². The van der Waals surface area contributed by atoms with Crippen molar-refractivity contribution in [2.75, 3.05) is 55.2 Å². The number of pyridine rings is 1. The summed E-state index contributed by atoms with van der Waals surface area (Å²) in [5.74, 6) is 0.938. The van der Waals surface area contributed by atoms with Crippen molar-refractivity contribution in [1.82, 2.24) is 24.8 Å². The van der Waals surface area contributed by atoms with Gasteiger partial charge in [0.25, 0.3) is 0 Å². The largest absolute Gasteiger partial charge is 0.445 e. The minimum atomic E-state index is -0.275. The Labute approximate surface area is 224 Å². The molecule has 4 aromatic rings. The van der Waals surface area contributed by atoms with Crippen molar-refractivity contribution < 1.29 is 8.81 Å². The van der Waals surface area contributed by atoms with E-state index in [1.165, 1.54) is 12.3 Å². The second-order valence-electron chi connectivity index (χ2n) is 8.78.